The molecule has 0 saturated heterocycles. The largest absolute Gasteiger partial charge is 0.494 e. The highest BCUT2D eigenvalue weighted by Gasteiger charge is 2.14. The maximum atomic E-state index is 12.1. The van der Waals surface area contributed by atoms with E-state index in [1.807, 2.05) is 6.92 Å². The first-order valence-electron chi connectivity index (χ1n) is 10.6. The Kier molecular flexibility index (Phi) is 10.1. The number of ether oxygens (including phenoxy) is 1. The van der Waals surface area contributed by atoms with E-state index in [1.54, 1.807) is 24.3 Å². The Balaban J connectivity index is 1.83. The van der Waals surface area contributed by atoms with Crippen molar-refractivity contribution in [1.29, 1.82) is 0 Å². The summed E-state index contributed by atoms with van der Waals surface area (Å²) in [6.45, 7) is 2.48. The van der Waals surface area contributed by atoms with Crippen molar-refractivity contribution in [3.05, 3.63) is 24.3 Å². The molecule has 1 fully saturated rings. The Morgan fingerprint density at radius 3 is 1.93 bits per heavy atom. The van der Waals surface area contributed by atoms with E-state index in [0.717, 1.165) is 37.1 Å². The highest BCUT2D eigenvalue weighted by Crippen LogP contribution is 2.16. The van der Waals surface area contributed by atoms with Gasteiger partial charge in [0.1, 0.15) is 5.75 Å². The second-order valence-electron chi connectivity index (χ2n) is 7.21. The third-order valence-corrected chi connectivity index (χ3v) is 4.88. The van der Waals surface area contributed by atoms with Crippen molar-refractivity contribution in [2.45, 2.75) is 77.6 Å². The van der Waals surface area contributed by atoms with Crippen molar-refractivity contribution < 1.29 is 14.3 Å². The lowest BCUT2D eigenvalue weighted by Gasteiger charge is -2.10. The van der Waals surface area contributed by atoms with Crippen LogP contribution in [0.25, 0.3) is 0 Å². The van der Waals surface area contributed by atoms with Gasteiger partial charge in [-0.3, -0.25) is 9.59 Å². The van der Waals surface area contributed by atoms with Crippen LogP contribution in [0.1, 0.15) is 77.6 Å². The van der Waals surface area contributed by atoms with Crippen LogP contribution >= 0.6 is 0 Å². The number of hydrogen-bond donors (Lipinski definition) is 2. The number of anilines is 1. The van der Waals surface area contributed by atoms with Crippen LogP contribution in [0.2, 0.25) is 0 Å². The normalized spacial score (nSPS) is 16.2. The van der Waals surface area contributed by atoms with Gasteiger partial charge in [0.15, 0.2) is 0 Å². The molecule has 2 amide bonds. The van der Waals surface area contributed by atoms with Crippen molar-refractivity contribution in [1.82, 2.24) is 5.43 Å². The first kappa shape index (κ1) is 21.9. The molecule has 0 bridgehead atoms. The number of hydrazone groups is 1. The first-order chi connectivity index (χ1) is 13.7. The number of amides is 2. The van der Waals surface area contributed by atoms with Gasteiger partial charge in [0.25, 0.3) is 0 Å². The van der Waals surface area contributed by atoms with E-state index in [9.17, 15) is 9.59 Å². The second-order valence-corrected chi connectivity index (χ2v) is 7.21. The van der Waals surface area contributed by atoms with Gasteiger partial charge in [-0.2, -0.15) is 5.10 Å². The van der Waals surface area contributed by atoms with Crippen LogP contribution in [0.5, 0.6) is 5.75 Å². The highest BCUT2D eigenvalue weighted by atomic mass is 16.5. The molecule has 28 heavy (non-hydrogen) atoms. The van der Waals surface area contributed by atoms with Crippen molar-refractivity contribution >= 4 is 23.2 Å². The zero-order chi connectivity index (χ0) is 20.0. The fraction of sp³-hybridized carbons (Fsp3) is 0.591. The van der Waals surface area contributed by atoms with Gasteiger partial charge in [-0.15, -0.1) is 0 Å². The summed E-state index contributed by atoms with van der Waals surface area (Å²) in [6, 6.07) is 6.91. The number of rotatable bonds is 4. The number of carbonyl (C=O) groups excluding carboxylic acids is 2. The molecule has 1 aromatic carbocycles. The standard InChI is InChI=1S/C22H33N3O3/c1-2-28-20-16-14-18(15-17-20)23-21(26)22(27)25-24-19-12-10-8-6-4-3-5-7-9-11-13-19/h14-17H,2-13H2,1H3,(H,23,26)(H,25,27). The number of nitrogens with one attached hydrogen (secondary N) is 2. The molecule has 0 spiro atoms. The molecule has 1 aliphatic carbocycles. The molecular formula is C22H33N3O3. The van der Waals surface area contributed by atoms with E-state index in [0.29, 0.717) is 12.3 Å². The summed E-state index contributed by atoms with van der Waals surface area (Å²) in [4.78, 5) is 24.2. The summed E-state index contributed by atoms with van der Waals surface area (Å²) < 4.78 is 5.36. The monoisotopic (exact) mass is 387 g/mol. The van der Waals surface area contributed by atoms with E-state index in [1.165, 1.54) is 44.9 Å². The molecule has 6 nitrogen and oxygen atoms in total. The molecule has 0 atom stereocenters. The van der Waals surface area contributed by atoms with E-state index in [-0.39, 0.29) is 0 Å². The number of benzene rings is 1. The van der Waals surface area contributed by atoms with Crippen LogP contribution in [-0.2, 0) is 9.59 Å². The third kappa shape index (κ3) is 8.55. The lowest BCUT2D eigenvalue weighted by atomic mass is 10.00. The summed E-state index contributed by atoms with van der Waals surface area (Å²) in [5.41, 5.74) is 3.96. The molecule has 1 aromatic rings. The lowest BCUT2D eigenvalue weighted by molar-refractivity contribution is -0.136. The molecule has 6 heteroatoms. The zero-order valence-electron chi connectivity index (χ0n) is 17.0. The topological polar surface area (TPSA) is 79.8 Å². The average molecular weight is 388 g/mol. The minimum Gasteiger partial charge on any atom is -0.494 e. The van der Waals surface area contributed by atoms with Gasteiger partial charge in [0, 0.05) is 11.4 Å². The number of hydrogen-bond acceptors (Lipinski definition) is 4. The quantitative estimate of drug-likeness (QED) is 0.575. The van der Waals surface area contributed by atoms with Crippen LogP contribution in [0.4, 0.5) is 5.69 Å². The first-order valence-corrected chi connectivity index (χ1v) is 10.6. The van der Waals surface area contributed by atoms with Gasteiger partial charge >= 0.3 is 11.8 Å². The van der Waals surface area contributed by atoms with Gasteiger partial charge in [-0.1, -0.05) is 44.9 Å². The lowest BCUT2D eigenvalue weighted by Crippen LogP contribution is -2.33. The van der Waals surface area contributed by atoms with Gasteiger partial charge in [0.2, 0.25) is 0 Å². The summed E-state index contributed by atoms with van der Waals surface area (Å²) in [6.07, 6.45) is 12.9. The van der Waals surface area contributed by atoms with E-state index < -0.39 is 11.8 Å². The smallest absolute Gasteiger partial charge is 0.329 e. The Bertz CT molecular complexity index is 627. The van der Waals surface area contributed by atoms with Crippen molar-refractivity contribution in [3.63, 3.8) is 0 Å². The van der Waals surface area contributed by atoms with Crippen LogP contribution in [0.15, 0.2) is 29.4 Å². The predicted octanol–water partition coefficient (Wildman–Crippen LogP) is 4.80. The molecule has 154 valence electrons. The molecule has 2 rings (SSSR count). The summed E-state index contributed by atoms with van der Waals surface area (Å²) in [5, 5.41) is 6.83. The average Bonchev–Trinajstić information content (AvgIpc) is 2.69. The summed E-state index contributed by atoms with van der Waals surface area (Å²) in [7, 11) is 0. The summed E-state index contributed by atoms with van der Waals surface area (Å²) >= 11 is 0. The van der Waals surface area contributed by atoms with Gasteiger partial charge in [-0.05, 0) is 56.9 Å². The Morgan fingerprint density at radius 1 is 0.857 bits per heavy atom. The Morgan fingerprint density at radius 2 is 1.39 bits per heavy atom. The maximum Gasteiger partial charge on any atom is 0.329 e. The fourth-order valence-electron chi connectivity index (χ4n) is 3.30. The van der Waals surface area contributed by atoms with Crippen molar-refractivity contribution in [2.24, 2.45) is 5.10 Å². The molecule has 0 aliphatic heterocycles. The Hall–Kier alpha value is -2.37. The SMILES string of the molecule is CCOc1ccc(NC(=O)C(=O)NN=C2CCCCCCCCCCC2)cc1. The minimum absolute atomic E-state index is 0.544. The molecule has 2 N–H and O–H groups in total. The van der Waals surface area contributed by atoms with Gasteiger partial charge in [-0.25, -0.2) is 5.43 Å². The van der Waals surface area contributed by atoms with Crippen LogP contribution in [-0.4, -0.2) is 24.1 Å². The number of nitrogens with zero attached hydrogens (tertiary/aromatic N) is 1. The molecule has 0 unspecified atom stereocenters. The highest BCUT2D eigenvalue weighted by molar-refractivity contribution is 6.39. The van der Waals surface area contributed by atoms with Gasteiger partial charge in [0.05, 0.1) is 6.61 Å². The van der Waals surface area contributed by atoms with Crippen molar-refractivity contribution in [3.8, 4) is 5.75 Å². The minimum atomic E-state index is -0.743. The van der Waals surface area contributed by atoms with Gasteiger partial charge < -0.3 is 10.1 Å². The molecular weight excluding hydrogens is 354 g/mol. The third-order valence-electron chi connectivity index (χ3n) is 4.88. The molecule has 0 heterocycles. The zero-order valence-corrected chi connectivity index (χ0v) is 17.0. The van der Waals surface area contributed by atoms with Crippen LogP contribution < -0.4 is 15.5 Å². The van der Waals surface area contributed by atoms with E-state index in [2.05, 4.69) is 15.8 Å². The van der Waals surface area contributed by atoms with Crippen molar-refractivity contribution in [2.75, 3.05) is 11.9 Å². The van der Waals surface area contributed by atoms with E-state index >= 15 is 0 Å². The predicted molar refractivity (Wildman–Crippen MR) is 113 cm³/mol. The summed E-state index contributed by atoms with van der Waals surface area (Å²) in [5.74, 6) is -0.743. The molecule has 1 saturated carbocycles. The Labute approximate surface area is 168 Å². The molecule has 0 radical (unpaired) electrons. The van der Waals surface area contributed by atoms with Crippen LogP contribution in [0, 0.1) is 0 Å². The number of carbonyl (C=O) groups is 2. The van der Waals surface area contributed by atoms with E-state index in [4.69, 9.17) is 4.74 Å². The molecule has 1 aliphatic rings. The molecule has 0 aromatic heterocycles. The second kappa shape index (κ2) is 12.9. The maximum absolute atomic E-state index is 12.1. The van der Waals surface area contributed by atoms with Crippen LogP contribution in [0.3, 0.4) is 0 Å². The fourth-order valence-corrected chi connectivity index (χ4v) is 3.30.